The van der Waals surface area contributed by atoms with Gasteiger partial charge in [-0.15, -0.1) is 0 Å². The third-order valence-electron chi connectivity index (χ3n) is 0.815. The molecule has 0 aliphatic rings. The molecule has 0 amide bonds. The predicted octanol–water partition coefficient (Wildman–Crippen LogP) is 0.967. The molecular formula is C9H14O5. The third kappa shape index (κ3) is 16.7. The van der Waals surface area contributed by atoms with E-state index in [-0.39, 0.29) is 6.61 Å². The molecule has 0 bridgehead atoms. The van der Waals surface area contributed by atoms with Crippen molar-refractivity contribution >= 4 is 11.9 Å². The summed E-state index contributed by atoms with van der Waals surface area (Å²) in [5, 5.41) is 8.04. The van der Waals surface area contributed by atoms with Gasteiger partial charge in [-0.1, -0.05) is 6.58 Å². The number of esters is 1. The van der Waals surface area contributed by atoms with Gasteiger partial charge in [0.25, 0.3) is 0 Å². The molecule has 5 heteroatoms. The van der Waals surface area contributed by atoms with Crippen molar-refractivity contribution in [3.63, 3.8) is 0 Å². The van der Waals surface area contributed by atoms with Gasteiger partial charge in [0.1, 0.15) is 0 Å². The molecule has 0 aliphatic carbocycles. The maximum absolute atomic E-state index is 10.4. The Morgan fingerprint density at radius 1 is 1.43 bits per heavy atom. The van der Waals surface area contributed by atoms with Crippen molar-refractivity contribution in [2.75, 3.05) is 13.7 Å². The second-order valence-electron chi connectivity index (χ2n) is 1.83. The number of hydrogen-bond donors (Lipinski definition) is 1. The van der Waals surface area contributed by atoms with Crippen molar-refractivity contribution < 1.29 is 24.2 Å². The average Bonchev–Trinajstić information content (AvgIpc) is 2.16. The molecule has 0 aromatic heterocycles. The lowest BCUT2D eigenvalue weighted by atomic mass is 10.5. The van der Waals surface area contributed by atoms with E-state index in [1.165, 1.54) is 6.26 Å². The fraction of sp³-hybridized carbons (Fsp3) is 0.333. The van der Waals surface area contributed by atoms with E-state index in [0.717, 1.165) is 12.2 Å². The molecule has 0 heterocycles. The number of carbonyl (C=O) groups is 2. The molecule has 0 fully saturated rings. The van der Waals surface area contributed by atoms with Crippen LogP contribution in [0.5, 0.6) is 0 Å². The van der Waals surface area contributed by atoms with E-state index < -0.39 is 11.9 Å². The number of carboxylic acids is 1. The van der Waals surface area contributed by atoms with Crippen LogP contribution in [0.2, 0.25) is 0 Å². The molecular weight excluding hydrogens is 188 g/mol. The summed E-state index contributed by atoms with van der Waals surface area (Å²) in [6.07, 6.45) is 2.98. The molecule has 0 aromatic carbocycles. The van der Waals surface area contributed by atoms with Gasteiger partial charge in [0.2, 0.25) is 0 Å². The average molecular weight is 202 g/mol. The Morgan fingerprint density at radius 2 is 1.93 bits per heavy atom. The minimum absolute atomic E-state index is 0.253. The van der Waals surface area contributed by atoms with Gasteiger partial charge >= 0.3 is 11.9 Å². The maximum atomic E-state index is 10.4. The highest BCUT2D eigenvalue weighted by atomic mass is 16.5. The van der Waals surface area contributed by atoms with Crippen LogP contribution in [0, 0.1) is 0 Å². The second kappa shape index (κ2) is 11.2. The fourth-order valence-corrected chi connectivity index (χ4v) is 0.330. The molecule has 0 rings (SSSR count). The molecule has 0 aliphatic heterocycles. The van der Waals surface area contributed by atoms with Crippen LogP contribution < -0.4 is 0 Å². The van der Waals surface area contributed by atoms with E-state index >= 15 is 0 Å². The molecule has 0 atom stereocenters. The SMILES string of the molecule is C=COC.CCOC(=O)/C=C/C(=O)O. The van der Waals surface area contributed by atoms with Crippen molar-refractivity contribution in [3.8, 4) is 0 Å². The van der Waals surface area contributed by atoms with Crippen molar-refractivity contribution in [1.29, 1.82) is 0 Å². The van der Waals surface area contributed by atoms with Crippen molar-refractivity contribution in [2.45, 2.75) is 6.92 Å². The molecule has 80 valence electrons. The highest BCUT2D eigenvalue weighted by Crippen LogP contribution is 1.80. The molecule has 0 unspecified atom stereocenters. The van der Waals surface area contributed by atoms with Gasteiger partial charge in [-0.2, -0.15) is 0 Å². The van der Waals surface area contributed by atoms with Crippen LogP contribution in [-0.2, 0) is 19.1 Å². The summed E-state index contributed by atoms with van der Waals surface area (Å²) in [5.41, 5.74) is 0. The lowest BCUT2D eigenvalue weighted by Gasteiger charge is -1.92. The number of carboxylic acid groups (broad SMARTS) is 1. The van der Waals surface area contributed by atoms with Crippen LogP contribution in [0.25, 0.3) is 0 Å². The monoisotopic (exact) mass is 202 g/mol. The molecule has 0 spiro atoms. The maximum Gasteiger partial charge on any atom is 0.330 e. The van der Waals surface area contributed by atoms with Crippen LogP contribution in [0.3, 0.4) is 0 Å². The summed E-state index contributed by atoms with van der Waals surface area (Å²) in [5.74, 6) is -1.79. The molecule has 0 saturated heterocycles. The van der Waals surface area contributed by atoms with E-state index in [0.29, 0.717) is 0 Å². The summed E-state index contributed by atoms with van der Waals surface area (Å²) in [7, 11) is 1.56. The number of methoxy groups -OCH3 is 1. The largest absolute Gasteiger partial charge is 0.505 e. The Kier molecular flexibility index (Phi) is 11.8. The van der Waals surface area contributed by atoms with E-state index in [9.17, 15) is 9.59 Å². The summed E-state index contributed by atoms with van der Waals surface area (Å²) < 4.78 is 8.71. The quantitative estimate of drug-likeness (QED) is 0.417. The smallest absolute Gasteiger partial charge is 0.330 e. The standard InChI is InChI=1S/C6H8O4.C3H6O/c1-2-10-6(9)4-3-5(7)8;1-3-4-2/h3-4H,2H2,1H3,(H,7,8);3H,1H2,2H3/b4-3+;. The van der Waals surface area contributed by atoms with E-state index in [1.807, 2.05) is 0 Å². The molecule has 0 radical (unpaired) electrons. The highest BCUT2D eigenvalue weighted by molar-refractivity contribution is 5.90. The van der Waals surface area contributed by atoms with Crippen molar-refractivity contribution in [3.05, 3.63) is 25.0 Å². The van der Waals surface area contributed by atoms with Gasteiger partial charge in [0.15, 0.2) is 0 Å². The third-order valence-corrected chi connectivity index (χ3v) is 0.815. The number of carbonyl (C=O) groups excluding carboxylic acids is 1. The van der Waals surface area contributed by atoms with E-state index in [4.69, 9.17) is 5.11 Å². The number of rotatable bonds is 4. The van der Waals surface area contributed by atoms with Gasteiger partial charge in [-0.25, -0.2) is 9.59 Å². The Hall–Kier alpha value is -1.78. The lowest BCUT2D eigenvalue weighted by Crippen LogP contribution is -2.00. The van der Waals surface area contributed by atoms with Gasteiger partial charge in [0.05, 0.1) is 20.0 Å². The second-order valence-corrected chi connectivity index (χ2v) is 1.83. The Balaban J connectivity index is 0. The summed E-state index contributed by atoms with van der Waals surface area (Å²) >= 11 is 0. The van der Waals surface area contributed by atoms with Gasteiger partial charge in [-0.05, 0) is 6.92 Å². The number of aliphatic carboxylic acids is 1. The van der Waals surface area contributed by atoms with E-state index in [1.54, 1.807) is 14.0 Å². The van der Waals surface area contributed by atoms with Crippen LogP contribution >= 0.6 is 0 Å². The zero-order valence-electron chi connectivity index (χ0n) is 8.23. The molecule has 0 saturated carbocycles. The molecule has 0 aromatic rings. The first kappa shape index (κ1) is 14.7. The van der Waals surface area contributed by atoms with Crippen LogP contribution in [0.15, 0.2) is 25.0 Å². The first-order valence-corrected chi connectivity index (χ1v) is 3.79. The topological polar surface area (TPSA) is 72.8 Å². The number of ether oxygens (including phenoxy) is 2. The lowest BCUT2D eigenvalue weighted by molar-refractivity contribution is -0.138. The van der Waals surface area contributed by atoms with E-state index in [2.05, 4.69) is 16.1 Å². The van der Waals surface area contributed by atoms with Gasteiger partial charge in [0, 0.05) is 12.2 Å². The number of hydrogen-bond acceptors (Lipinski definition) is 4. The molecule has 14 heavy (non-hydrogen) atoms. The first-order valence-electron chi connectivity index (χ1n) is 3.79. The van der Waals surface area contributed by atoms with Crippen LogP contribution in [-0.4, -0.2) is 30.8 Å². The summed E-state index contributed by atoms with van der Waals surface area (Å²) in [6, 6.07) is 0. The van der Waals surface area contributed by atoms with Crippen molar-refractivity contribution in [2.24, 2.45) is 0 Å². The summed E-state index contributed by atoms with van der Waals surface area (Å²) in [6.45, 7) is 5.16. The minimum Gasteiger partial charge on any atom is -0.505 e. The predicted molar refractivity (Wildman–Crippen MR) is 50.6 cm³/mol. The van der Waals surface area contributed by atoms with Crippen LogP contribution in [0.4, 0.5) is 0 Å². The zero-order chi connectivity index (χ0) is 11.4. The van der Waals surface area contributed by atoms with Gasteiger partial charge in [-0.3, -0.25) is 0 Å². The van der Waals surface area contributed by atoms with Gasteiger partial charge < -0.3 is 14.6 Å². The minimum atomic E-state index is -1.16. The molecule has 1 N–H and O–H groups in total. The van der Waals surface area contributed by atoms with Crippen LogP contribution in [0.1, 0.15) is 6.92 Å². The fourth-order valence-electron chi connectivity index (χ4n) is 0.330. The first-order chi connectivity index (χ1) is 6.58. The van der Waals surface area contributed by atoms with Crippen molar-refractivity contribution in [1.82, 2.24) is 0 Å². The zero-order valence-corrected chi connectivity index (χ0v) is 8.23. The normalized spacial score (nSPS) is 8.43. The Morgan fingerprint density at radius 3 is 2.21 bits per heavy atom. The highest BCUT2D eigenvalue weighted by Gasteiger charge is 1.94. The summed E-state index contributed by atoms with van der Waals surface area (Å²) in [4.78, 5) is 20.2. The molecule has 5 nitrogen and oxygen atoms in total. The Labute approximate surface area is 82.6 Å². The Bertz CT molecular complexity index is 207.